The van der Waals surface area contributed by atoms with Gasteiger partial charge in [0.2, 0.25) is 0 Å². The van der Waals surface area contributed by atoms with E-state index in [4.69, 9.17) is 4.74 Å². The Balaban J connectivity index is 1.91. The molecule has 0 fully saturated rings. The van der Waals surface area contributed by atoms with Gasteiger partial charge in [0.15, 0.2) is 0 Å². The summed E-state index contributed by atoms with van der Waals surface area (Å²) in [6.45, 7) is 0. The van der Waals surface area contributed by atoms with Crippen LogP contribution in [0.5, 0.6) is 0 Å². The summed E-state index contributed by atoms with van der Waals surface area (Å²) < 4.78 is 12.5. The minimum absolute atomic E-state index is 0.0656. The van der Waals surface area contributed by atoms with Crippen molar-refractivity contribution in [2.75, 3.05) is 0 Å². The monoisotopic (exact) mass is 372 g/mol. The van der Waals surface area contributed by atoms with Crippen molar-refractivity contribution in [1.82, 2.24) is 0 Å². The molecule has 0 aromatic heterocycles. The molecule has 0 radical (unpaired) electrons. The fourth-order valence-electron chi connectivity index (χ4n) is 0.699. The number of allylic oxidation sites excluding steroid dienone is 4. The van der Waals surface area contributed by atoms with E-state index < -0.39 is 0 Å². The van der Waals surface area contributed by atoms with Gasteiger partial charge in [-0.2, -0.15) is 0 Å². The van der Waals surface area contributed by atoms with Gasteiger partial charge in [-0.3, -0.25) is 0 Å². The minimum atomic E-state index is 0.0656. The first kappa shape index (κ1) is 7.85. The second kappa shape index (κ2) is 3.75. The van der Waals surface area contributed by atoms with Crippen LogP contribution in [0.15, 0.2) is 40.0 Å². The maximum atomic E-state index is 5.67. The zero-order valence-corrected chi connectivity index (χ0v) is 9.94. The van der Waals surface area contributed by atoms with Gasteiger partial charge in [0, 0.05) is 0 Å². The summed E-state index contributed by atoms with van der Waals surface area (Å²) in [7, 11) is 0. The first-order chi connectivity index (χ1) is 5.45. The first-order valence-electron chi connectivity index (χ1n) is 3.13. The number of rotatable bonds is 2. The van der Waals surface area contributed by atoms with Crippen LogP contribution in [0.25, 0.3) is 0 Å². The van der Waals surface area contributed by atoms with Gasteiger partial charge in [0.1, 0.15) is 0 Å². The van der Waals surface area contributed by atoms with Gasteiger partial charge in [0.05, 0.1) is 0 Å². The molecule has 0 amide bonds. The second-order valence-corrected chi connectivity index (χ2v) is 6.71. The molecule has 11 heavy (non-hydrogen) atoms. The molecule has 2 aliphatic heterocycles. The number of halogens is 2. The van der Waals surface area contributed by atoms with Gasteiger partial charge >= 0.3 is 87.1 Å². The van der Waals surface area contributed by atoms with Crippen LogP contribution in [0.3, 0.4) is 0 Å². The van der Waals surface area contributed by atoms with E-state index in [1.807, 2.05) is 0 Å². The predicted molar refractivity (Wildman–Crippen MR) is 35.5 cm³/mol. The van der Waals surface area contributed by atoms with Gasteiger partial charge < -0.3 is 0 Å². The summed E-state index contributed by atoms with van der Waals surface area (Å²) in [5.74, 6) is 0. The third-order valence-corrected chi connectivity index (χ3v) is 5.07. The quantitative estimate of drug-likeness (QED) is 0.449. The summed E-state index contributed by atoms with van der Waals surface area (Å²) in [4.78, 5) is 0. The molecule has 0 saturated heterocycles. The molecule has 0 unspecified atom stereocenters. The van der Waals surface area contributed by atoms with Crippen molar-refractivity contribution in [3.63, 3.8) is 0 Å². The molecular weight excluding hydrogens is 366 g/mol. The topological polar surface area (TPSA) is 9.23 Å². The Labute approximate surface area is 86.4 Å². The third-order valence-electron chi connectivity index (χ3n) is 1.14. The molecule has 0 saturated carbocycles. The van der Waals surface area contributed by atoms with E-state index in [1.165, 1.54) is 7.53 Å². The van der Waals surface area contributed by atoms with Crippen LogP contribution in [-0.2, 0) is 4.74 Å². The molecule has 2 rings (SSSR count). The Hall–Kier alpha value is 0.220. The predicted octanol–water partition coefficient (Wildman–Crippen LogP) is -4.08. The summed E-state index contributed by atoms with van der Waals surface area (Å²) >= 11 is 0.131. The summed E-state index contributed by atoms with van der Waals surface area (Å²) in [5.41, 5.74) is 0. The summed E-state index contributed by atoms with van der Waals surface area (Å²) in [6.07, 6.45) is 8.33. The zero-order valence-electron chi connectivity index (χ0n) is 5.63. The van der Waals surface area contributed by atoms with Crippen molar-refractivity contribution < 1.29 is 47.1 Å². The Bertz CT molecular complexity index is 246. The molecule has 0 atom stereocenters. The normalized spacial score (nSPS) is 21.8. The molecule has 2 heterocycles. The van der Waals surface area contributed by atoms with Crippen LogP contribution < -0.4 is 42.4 Å². The fraction of sp³-hybridized carbons (Fsp3) is 0. The standard InChI is InChI=1S/C8H6I2O/c1-3-7(9-5-1)11-8-4-2-6-10-8/h1-6H/q-2. The molecule has 0 N–H and O–H groups in total. The van der Waals surface area contributed by atoms with Crippen LogP contribution in [0, 0.1) is 0 Å². The average Bonchev–Trinajstić information content (AvgIpc) is 2.60. The van der Waals surface area contributed by atoms with Crippen molar-refractivity contribution in [3.8, 4) is 0 Å². The van der Waals surface area contributed by atoms with Gasteiger partial charge in [0.25, 0.3) is 0 Å². The molecular formula is C8H6I2O-2. The summed E-state index contributed by atoms with van der Waals surface area (Å²) in [6, 6.07) is 0. The third kappa shape index (κ3) is 2.08. The van der Waals surface area contributed by atoms with Crippen LogP contribution in [0.4, 0.5) is 0 Å². The Morgan fingerprint density at radius 2 is 1.45 bits per heavy atom. The van der Waals surface area contributed by atoms with Crippen molar-refractivity contribution in [3.05, 3.63) is 40.0 Å². The number of ether oxygens (including phenoxy) is 1. The summed E-state index contributed by atoms with van der Waals surface area (Å²) in [5, 5.41) is 0. The molecule has 0 aromatic rings. The van der Waals surface area contributed by atoms with E-state index in [0.29, 0.717) is 0 Å². The molecule has 0 spiro atoms. The van der Waals surface area contributed by atoms with Crippen LogP contribution in [-0.4, -0.2) is 0 Å². The van der Waals surface area contributed by atoms with Gasteiger partial charge in [-0.1, -0.05) is 0 Å². The molecule has 60 valence electrons. The van der Waals surface area contributed by atoms with Crippen LogP contribution in [0.2, 0.25) is 0 Å². The first-order valence-corrected chi connectivity index (χ1v) is 7.78. The van der Waals surface area contributed by atoms with Crippen LogP contribution >= 0.6 is 0 Å². The maximum absolute atomic E-state index is 5.67. The van der Waals surface area contributed by atoms with Gasteiger partial charge in [-0.05, 0) is 0 Å². The van der Waals surface area contributed by atoms with E-state index >= 15 is 0 Å². The Morgan fingerprint density at radius 1 is 0.909 bits per heavy atom. The van der Waals surface area contributed by atoms with Crippen molar-refractivity contribution in [2.24, 2.45) is 0 Å². The Kier molecular flexibility index (Phi) is 2.68. The van der Waals surface area contributed by atoms with E-state index in [-0.39, 0.29) is 42.4 Å². The van der Waals surface area contributed by atoms with E-state index in [9.17, 15) is 0 Å². The molecule has 1 nitrogen and oxygen atoms in total. The molecule has 0 aliphatic carbocycles. The molecule has 3 heteroatoms. The molecule has 2 aliphatic rings. The number of hydrogen-bond donors (Lipinski definition) is 0. The fourth-order valence-corrected chi connectivity index (χ4v) is 4.22. The van der Waals surface area contributed by atoms with Crippen LogP contribution in [0.1, 0.15) is 0 Å². The zero-order chi connectivity index (χ0) is 7.52. The van der Waals surface area contributed by atoms with E-state index in [0.717, 1.165) is 0 Å². The average molecular weight is 372 g/mol. The second-order valence-electron chi connectivity index (χ2n) is 1.90. The van der Waals surface area contributed by atoms with Crippen molar-refractivity contribution >= 4 is 0 Å². The van der Waals surface area contributed by atoms with Crippen molar-refractivity contribution in [1.29, 1.82) is 0 Å². The molecule has 0 bridgehead atoms. The Morgan fingerprint density at radius 3 is 1.82 bits per heavy atom. The van der Waals surface area contributed by atoms with E-state index in [2.05, 4.69) is 32.5 Å². The van der Waals surface area contributed by atoms with E-state index in [1.54, 1.807) is 0 Å². The van der Waals surface area contributed by atoms with Gasteiger partial charge in [-0.25, -0.2) is 0 Å². The molecule has 0 aromatic carbocycles. The van der Waals surface area contributed by atoms with Gasteiger partial charge in [-0.15, -0.1) is 0 Å². The number of hydrogen-bond acceptors (Lipinski definition) is 1. The van der Waals surface area contributed by atoms with Crippen molar-refractivity contribution in [2.45, 2.75) is 0 Å². The SMILES string of the molecule is C1=C[I-]C(OC2=CC=C[I-]2)=C1.